The quantitative estimate of drug-likeness (QED) is 0.194. The van der Waals surface area contributed by atoms with Crippen LogP contribution < -0.4 is 5.73 Å². The summed E-state index contributed by atoms with van der Waals surface area (Å²) < 4.78 is 43.8. The number of rotatable bonds is 4. The van der Waals surface area contributed by atoms with E-state index in [1.165, 1.54) is 51.0 Å². The first-order valence-corrected chi connectivity index (χ1v) is 20.3. The van der Waals surface area contributed by atoms with E-state index in [-0.39, 0.29) is 11.1 Å². The van der Waals surface area contributed by atoms with E-state index >= 15 is 0 Å². The number of halogens is 3. The number of ketones is 5. The van der Waals surface area contributed by atoms with Gasteiger partial charge in [-0.1, -0.05) is 26.0 Å². The SMILES string of the molecule is CC(=O)C1=C(O)[C@@]2(O)C(=O)C3=C(O)c4c(F)ccc(F)c4[C@H](C)[C@H]3[C@H](O)[C@H]2[C@H](N(C)C)C1=O.C[C@H]1c2cccc(F)c2C(O)=C2C(=O)[C@]3(O)C(O)=C(C(N)=O)C(=O)[C@@H](N(C)C)[C@@H]3[C@@H](O)[C@@H]21. The highest BCUT2D eigenvalue weighted by atomic mass is 19.1. The third kappa shape index (κ3) is 6.07. The number of aliphatic hydroxyl groups is 8. The van der Waals surface area contributed by atoms with Gasteiger partial charge in [0.15, 0.2) is 28.6 Å². The highest BCUT2D eigenvalue weighted by Gasteiger charge is 2.70. The van der Waals surface area contributed by atoms with E-state index in [4.69, 9.17) is 5.73 Å². The number of Topliss-reactive ketones (excluding diaryl/α,β-unsaturated/α-hetero) is 5. The summed E-state index contributed by atoms with van der Waals surface area (Å²) in [7, 11) is 5.74. The first kappa shape index (κ1) is 46.9. The number of nitrogens with two attached hydrogens (primary N) is 1. The molecule has 0 aliphatic heterocycles. The molecule has 10 N–H and O–H groups in total. The van der Waals surface area contributed by atoms with Crippen LogP contribution >= 0.6 is 0 Å². The van der Waals surface area contributed by atoms with Crippen molar-refractivity contribution in [3.05, 3.63) is 104 Å². The molecule has 0 aromatic heterocycles. The van der Waals surface area contributed by atoms with Crippen LogP contribution in [-0.2, 0) is 28.8 Å². The number of amides is 1. The van der Waals surface area contributed by atoms with Gasteiger partial charge in [0.05, 0.1) is 47.3 Å². The van der Waals surface area contributed by atoms with E-state index in [0.29, 0.717) is 5.56 Å². The number of primary amides is 1. The highest BCUT2D eigenvalue weighted by molar-refractivity contribution is 6.26. The fourth-order valence-electron chi connectivity index (χ4n) is 11.3. The van der Waals surface area contributed by atoms with Gasteiger partial charge in [0.1, 0.15) is 51.6 Å². The number of fused-ring (bicyclic) bond motifs is 6. The van der Waals surface area contributed by atoms with E-state index in [1.807, 2.05) is 0 Å². The van der Waals surface area contributed by atoms with Gasteiger partial charge in [-0.05, 0) is 70.7 Å². The Balaban J connectivity index is 0.000000194. The first-order valence-electron chi connectivity index (χ1n) is 20.3. The van der Waals surface area contributed by atoms with Gasteiger partial charge in [0.2, 0.25) is 11.6 Å². The van der Waals surface area contributed by atoms with Gasteiger partial charge in [-0.3, -0.25) is 38.6 Å². The van der Waals surface area contributed by atoms with Gasteiger partial charge >= 0.3 is 0 Å². The Bertz CT molecular complexity index is 2690. The maximum Gasteiger partial charge on any atom is 0.255 e. The smallest absolute Gasteiger partial charge is 0.255 e. The van der Waals surface area contributed by atoms with Gasteiger partial charge in [0, 0.05) is 28.5 Å². The van der Waals surface area contributed by atoms with E-state index < -0.39 is 174 Å². The largest absolute Gasteiger partial charge is 0.508 e. The molecule has 346 valence electrons. The molecule has 2 saturated carbocycles. The number of carbonyl (C=O) groups excluding carboxylic acids is 6. The molecule has 6 aliphatic carbocycles. The van der Waals surface area contributed by atoms with Crippen LogP contribution in [0.4, 0.5) is 13.2 Å². The van der Waals surface area contributed by atoms with Crippen LogP contribution in [0.5, 0.6) is 0 Å². The molecule has 2 aromatic carbocycles. The molecule has 0 saturated heterocycles. The zero-order chi connectivity index (χ0) is 48.6. The molecular formula is C45H46F3N3O14. The lowest BCUT2D eigenvalue weighted by Crippen LogP contribution is -2.70. The van der Waals surface area contributed by atoms with Crippen LogP contribution in [0.15, 0.2) is 64.1 Å². The Morgan fingerprint density at radius 1 is 0.646 bits per heavy atom. The number of nitrogens with zero attached hydrogens (tertiary/aromatic N) is 2. The fraction of sp³-hybridized carbons (Fsp3) is 0.422. The van der Waals surface area contributed by atoms with E-state index in [2.05, 4.69) is 0 Å². The zero-order valence-corrected chi connectivity index (χ0v) is 35.8. The summed E-state index contributed by atoms with van der Waals surface area (Å²) >= 11 is 0. The van der Waals surface area contributed by atoms with Gasteiger partial charge < -0.3 is 46.6 Å². The number of aliphatic hydroxyl groups excluding tert-OH is 6. The number of hydrogen-bond donors (Lipinski definition) is 9. The lowest BCUT2D eigenvalue weighted by molar-refractivity contribution is -0.170. The van der Waals surface area contributed by atoms with Crippen LogP contribution in [0.25, 0.3) is 11.5 Å². The molecule has 20 heteroatoms. The van der Waals surface area contributed by atoms with Crippen molar-refractivity contribution < 1.29 is 82.8 Å². The minimum absolute atomic E-state index is 0.247. The Hall–Kier alpha value is -6.03. The summed E-state index contributed by atoms with van der Waals surface area (Å²) in [5.41, 5.74) is -4.24. The van der Waals surface area contributed by atoms with Crippen LogP contribution in [0.3, 0.4) is 0 Å². The number of carbonyl (C=O) groups is 6. The Kier molecular flexibility index (Phi) is 11.2. The van der Waals surface area contributed by atoms with Crippen LogP contribution in [0.2, 0.25) is 0 Å². The van der Waals surface area contributed by atoms with E-state index in [0.717, 1.165) is 25.1 Å². The summed E-state index contributed by atoms with van der Waals surface area (Å²) in [6.07, 6.45) is -3.39. The number of likely N-dealkylation sites (N-methyl/N-ethyl adjacent to an activating group) is 2. The summed E-state index contributed by atoms with van der Waals surface area (Å²) in [5.74, 6) is -21.0. The van der Waals surface area contributed by atoms with Crippen LogP contribution in [0, 0.1) is 41.1 Å². The third-order valence-corrected chi connectivity index (χ3v) is 14.1. The average Bonchev–Trinajstić information content (AvgIpc) is 3.21. The van der Waals surface area contributed by atoms with Crippen molar-refractivity contribution in [3.8, 4) is 0 Å². The van der Waals surface area contributed by atoms with Crippen molar-refractivity contribution in [3.63, 3.8) is 0 Å². The van der Waals surface area contributed by atoms with Crippen molar-refractivity contribution in [2.45, 2.75) is 68.1 Å². The monoisotopic (exact) mass is 909 g/mol. The van der Waals surface area contributed by atoms with Gasteiger partial charge in [-0.25, -0.2) is 13.2 Å². The lowest BCUT2D eigenvalue weighted by atomic mass is 9.54. The van der Waals surface area contributed by atoms with Gasteiger partial charge in [-0.15, -0.1) is 0 Å². The predicted octanol–water partition coefficient (Wildman–Crippen LogP) is 1.10. The molecule has 6 aliphatic rings. The molecule has 1 amide bonds. The molecule has 8 rings (SSSR count). The molecule has 0 bridgehead atoms. The zero-order valence-electron chi connectivity index (χ0n) is 35.8. The molecule has 2 fully saturated rings. The molecule has 2 aromatic rings. The second-order valence-corrected chi connectivity index (χ2v) is 17.8. The molecule has 0 spiro atoms. The van der Waals surface area contributed by atoms with Gasteiger partial charge in [-0.2, -0.15) is 0 Å². The maximum atomic E-state index is 14.7. The second-order valence-electron chi connectivity index (χ2n) is 17.8. The Morgan fingerprint density at radius 2 is 1.06 bits per heavy atom. The van der Waals surface area contributed by atoms with Crippen molar-refractivity contribution in [2.24, 2.45) is 29.4 Å². The standard InChI is InChI=1S/C23H23F2NO7.C22H23FN2O7/c1-7-11-9(24)5-6-10(25)14(11)18(28)15-12(7)19(29)16-17(26(3)4)20(30)13(8(2)27)21(31)23(16,33)22(15)32;1-7-8-5-4-6-9(23)11(8)16(26)12-10(7)17(27)14-15(25(2)3)18(28)13(21(24)31)20(30)22(14,32)19(12)29/h5-7,12,16-17,19,28-29,31,33H,1-4H3;4-7,10,14-15,17,26-27,30,32H,1-3H3,(H2,24,31)/t7-,12+,16+,17-,19-,23+;7-,10+,14+,15-,17-,22-/m00/s1. The second kappa shape index (κ2) is 15.6. The van der Waals surface area contributed by atoms with Crippen molar-refractivity contribution in [1.29, 1.82) is 0 Å². The molecular weight excluding hydrogens is 863 g/mol. The fourth-order valence-corrected chi connectivity index (χ4v) is 11.3. The predicted molar refractivity (Wildman–Crippen MR) is 219 cm³/mol. The minimum atomic E-state index is -2.95. The molecule has 0 unspecified atom stereocenters. The summed E-state index contributed by atoms with van der Waals surface area (Å²) in [6, 6.07) is 2.90. The average molecular weight is 910 g/mol. The topological polar surface area (TPSA) is 297 Å². The van der Waals surface area contributed by atoms with Crippen LogP contribution in [-0.4, -0.2) is 149 Å². The normalized spacial score (nSPS) is 34.1. The minimum Gasteiger partial charge on any atom is -0.508 e. The maximum absolute atomic E-state index is 14.7. The molecule has 0 heterocycles. The third-order valence-electron chi connectivity index (χ3n) is 14.1. The van der Waals surface area contributed by atoms with Gasteiger partial charge in [0.25, 0.3) is 5.91 Å². The molecule has 65 heavy (non-hydrogen) atoms. The van der Waals surface area contributed by atoms with Crippen molar-refractivity contribution in [1.82, 2.24) is 9.80 Å². The molecule has 12 atom stereocenters. The Labute approximate surface area is 367 Å². The summed E-state index contributed by atoms with van der Waals surface area (Å²) in [4.78, 5) is 80.0. The van der Waals surface area contributed by atoms with Crippen molar-refractivity contribution >= 4 is 46.3 Å². The van der Waals surface area contributed by atoms with E-state index in [9.17, 15) is 82.8 Å². The van der Waals surface area contributed by atoms with Crippen molar-refractivity contribution in [2.75, 3.05) is 28.2 Å². The molecule has 0 radical (unpaired) electrons. The highest BCUT2D eigenvalue weighted by Crippen LogP contribution is 2.57. The summed E-state index contributed by atoms with van der Waals surface area (Å²) in [6.45, 7) is 4.02. The number of benzene rings is 2. The first-order chi connectivity index (χ1) is 30.1. The van der Waals surface area contributed by atoms with Crippen LogP contribution in [0.1, 0.15) is 54.9 Å². The summed E-state index contributed by atoms with van der Waals surface area (Å²) in [5, 5.41) is 88.9. The Morgan fingerprint density at radius 3 is 1.52 bits per heavy atom. The lowest BCUT2D eigenvalue weighted by Gasteiger charge is -2.53. The number of hydrogen-bond acceptors (Lipinski definition) is 16. The molecule has 17 nitrogen and oxygen atoms in total. The van der Waals surface area contributed by atoms with E-state index in [1.54, 1.807) is 13.0 Å².